The van der Waals surface area contributed by atoms with Gasteiger partial charge in [-0.3, -0.25) is 0 Å². The van der Waals surface area contributed by atoms with Gasteiger partial charge < -0.3 is 0 Å². The average Bonchev–Trinajstić information content (AvgIpc) is 2.29. The van der Waals surface area contributed by atoms with Crippen LogP contribution in [-0.4, -0.2) is 0 Å². The minimum Gasteiger partial charge on any atom is -0.198 e. The Morgan fingerprint density at radius 1 is 1.36 bits per heavy atom. The molecule has 4 unspecified atom stereocenters. The van der Waals surface area contributed by atoms with Gasteiger partial charge in [-0.2, -0.15) is 10.5 Å². The van der Waals surface area contributed by atoms with Crippen LogP contribution in [-0.2, 0) is 0 Å². The normalized spacial score (nSPS) is 41.4. The molecule has 0 aromatic carbocycles. The maximum atomic E-state index is 9.33. The largest absolute Gasteiger partial charge is 0.198 e. The third-order valence-corrected chi connectivity index (χ3v) is 3.90. The first kappa shape index (κ1) is 9.28. The lowest BCUT2D eigenvalue weighted by Crippen LogP contribution is -2.42. The highest BCUT2D eigenvalue weighted by atomic mass is 14.5. The summed E-state index contributed by atoms with van der Waals surface area (Å²) in [6.45, 7) is 1.89. The van der Waals surface area contributed by atoms with Crippen LogP contribution in [0.5, 0.6) is 0 Å². The summed E-state index contributed by atoms with van der Waals surface area (Å²) in [6.07, 6.45) is 7.56. The van der Waals surface area contributed by atoms with Crippen LogP contribution in [0.4, 0.5) is 0 Å². The van der Waals surface area contributed by atoms with Gasteiger partial charge in [-0.1, -0.05) is 12.2 Å². The Balaban J connectivity index is 2.37. The second kappa shape index (κ2) is 3.14. The second-order valence-electron chi connectivity index (χ2n) is 4.54. The van der Waals surface area contributed by atoms with E-state index in [1.165, 1.54) is 6.42 Å². The molecule has 0 radical (unpaired) electrons. The van der Waals surface area contributed by atoms with Crippen molar-refractivity contribution in [2.24, 2.45) is 23.2 Å². The predicted octanol–water partition coefficient (Wildman–Crippen LogP) is 2.64. The van der Waals surface area contributed by atoms with Crippen LogP contribution in [0, 0.1) is 45.8 Å². The molecule has 0 spiro atoms. The van der Waals surface area contributed by atoms with Crippen LogP contribution in [0.1, 0.15) is 26.2 Å². The first-order chi connectivity index (χ1) is 6.73. The van der Waals surface area contributed by atoms with Gasteiger partial charge in [0, 0.05) is 0 Å². The van der Waals surface area contributed by atoms with Gasteiger partial charge in [0.1, 0.15) is 0 Å². The number of hydrogen-bond acceptors (Lipinski definition) is 2. The van der Waals surface area contributed by atoms with Gasteiger partial charge in [-0.25, -0.2) is 0 Å². The van der Waals surface area contributed by atoms with Crippen LogP contribution in [0.15, 0.2) is 12.2 Å². The quantitative estimate of drug-likeness (QED) is 0.591. The van der Waals surface area contributed by atoms with Gasteiger partial charge in [-0.05, 0) is 38.0 Å². The van der Waals surface area contributed by atoms with Crippen LogP contribution >= 0.6 is 0 Å². The van der Waals surface area contributed by atoms with E-state index in [0.29, 0.717) is 11.8 Å². The summed E-state index contributed by atoms with van der Waals surface area (Å²) in [5.41, 5.74) is -0.396. The first-order valence-corrected chi connectivity index (χ1v) is 5.22. The van der Waals surface area contributed by atoms with Crippen molar-refractivity contribution in [3.8, 4) is 12.1 Å². The molecule has 2 heteroatoms. The van der Waals surface area contributed by atoms with Crippen LogP contribution < -0.4 is 0 Å². The van der Waals surface area contributed by atoms with E-state index in [-0.39, 0.29) is 5.92 Å². The van der Waals surface area contributed by atoms with Crippen LogP contribution in [0.3, 0.4) is 0 Å². The SMILES string of the molecule is CC(C#N)C1(C#N)CC2C=CC1CC2. The minimum atomic E-state index is -0.396. The van der Waals surface area contributed by atoms with E-state index >= 15 is 0 Å². The minimum absolute atomic E-state index is 0.148. The molecule has 72 valence electrons. The first-order valence-electron chi connectivity index (χ1n) is 5.22. The molecule has 14 heavy (non-hydrogen) atoms. The summed E-state index contributed by atoms with van der Waals surface area (Å²) in [6, 6.07) is 4.68. The van der Waals surface area contributed by atoms with E-state index in [1.54, 1.807) is 0 Å². The molecule has 0 amide bonds. The monoisotopic (exact) mass is 186 g/mol. The number of hydrogen-bond donors (Lipinski definition) is 0. The van der Waals surface area contributed by atoms with Crippen molar-refractivity contribution < 1.29 is 0 Å². The van der Waals surface area contributed by atoms with E-state index in [2.05, 4.69) is 24.3 Å². The molecule has 1 saturated carbocycles. The molecule has 2 bridgehead atoms. The molecule has 0 aliphatic heterocycles. The summed E-state index contributed by atoms with van der Waals surface area (Å²) < 4.78 is 0. The van der Waals surface area contributed by atoms with E-state index in [0.717, 1.165) is 12.8 Å². The molecule has 3 aliphatic rings. The van der Waals surface area contributed by atoms with Gasteiger partial charge in [0.05, 0.1) is 23.5 Å². The molecule has 1 fully saturated rings. The summed E-state index contributed by atoms with van der Waals surface area (Å²) >= 11 is 0. The van der Waals surface area contributed by atoms with Crippen molar-refractivity contribution in [1.82, 2.24) is 0 Å². The fraction of sp³-hybridized carbons (Fsp3) is 0.667. The molecule has 3 rings (SSSR count). The lowest BCUT2D eigenvalue weighted by atomic mass is 9.55. The smallest absolute Gasteiger partial charge is 0.0796 e. The molecular formula is C12H14N2. The molecule has 2 nitrogen and oxygen atoms in total. The lowest BCUT2D eigenvalue weighted by molar-refractivity contribution is 0.112. The van der Waals surface area contributed by atoms with Gasteiger partial charge in [-0.15, -0.1) is 0 Å². The van der Waals surface area contributed by atoms with Gasteiger partial charge >= 0.3 is 0 Å². The molecule has 0 N–H and O–H groups in total. The Morgan fingerprint density at radius 2 is 2.14 bits per heavy atom. The van der Waals surface area contributed by atoms with Gasteiger partial charge in [0.15, 0.2) is 0 Å². The van der Waals surface area contributed by atoms with Gasteiger partial charge in [0.25, 0.3) is 0 Å². The average molecular weight is 186 g/mol. The van der Waals surface area contributed by atoms with Crippen molar-refractivity contribution in [2.45, 2.75) is 26.2 Å². The zero-order valence-corrected chi connectivity index (χ0v) is 8.40. The molecular weight excluding hydrogens is 172 g/mol. The van der Waals surface area contributed by atoms with Crippen molar-refractivity contribution in [1.29, 1.82) is 10.5 Å². The summed E-state index contributed by atoms with van der Waals surface area (Å²) in [7, 11) is 0. The zero-order valence-electron chi connectivity index (χ0n) is 8.40. The maximum Gasteiger partial charge on any atom is 0.0796 e. The topological polar surface area (TPSA) is 47.6 Å². The molecule has 4 atom stereocenters. The Labute approximate surface area is 84.8 Å². The molecule has 3 aliphatic carbocycles. The van der Waals surface area contributed by atoms with E-state index in [1.807, 2.05) is 6.92 Å². The second-order valence-corrected chi connectivity index (χ2v) is 4.54. The number of nitrogens with zero attached hydrogens (tertiary/aromatic N) is 2. The van der Waals surface area contributed by atoms with Crippen molar-refractivity contribution >= 4 is 0 Å². The highest BCUT2D eigenvalue weighted by Crippen LogP contribution is 2.52. The number of nitriles is 2. The Kier molecular flexibility index (Phi) is 2.08. The Hall–Kier alpha value is -1.28. The molecule has 0 heterocycles. The number of fused-ring (bicyclic) bond motifs is 2. The molecule has 0 aromatic rings. The maximum absolute atomic E-state index is 9.33. The summed E-state index contributed by atoms with van der Waals surface area (Å²) in [4.78, 5) is 0. The highest BCUT2D eigenvalue weighted by Gasteiger charge is 2.49. The summed E-state index contributed by atoms with van der Waals surface area (Å²) in [5.74, 6) is 0.702. The van der Waals surface area contributed by atoms with Crippen LogP contribution in [0.25, 0.3) is 0 Å². The fourth-order valence-electron chi connectivity index (χ4n) is 2.90. The summed E-state index contributed by atoms with van der Waals surface area (Å²) in [5, 5.41) is 18.3. The van der Waals surface area contributed by atoms with E-state index in [4.69, 9.17) is 5.26 Å². The lowest BCUT2D eigenvalue weighted by Gasteiger charge is -2.45. The molecule has 0 aromatic heterocycles. The van der Waals surface area contributed by atoms with Gasteiger partial charge in [0.2, 0.25) is 0 Å². The van der Waals surface area contributed by atoms with Crippen molar-refractivity contribution in [3.05, 3.63) is 12.2 Å². The third-order valence-electron chi connectivity index (χ3n) is 3.90. The van der Waals surface area contributed by atoms with Crippen molar-refractivity contribution in [2.75, 3.05) is 0 Å². The number of allylic oxidation sites excluding steroid dienone is 2. The van der Waals surface area contributed by atoms with Crippen molar-refractivity contribution in [3.63, 3.8) is 0 Å². The highest BCUT2D eigenvalue weighted by molar-refractivity contribution is 5.22. The number of rotatable bonds is 1. The van der Waals surface area contributed by atoms with E-state index in [9.17, 15) is 5.26 Å². The molecule has 0 saturated heterocycles. The standard InChI is InChI=1S/C12H14N2/c1-9(7-13)12(8-14)6-10-2-4-11(12)5-3-10/h2,4,9-11H,3,5-6H2,1H3. The third kappa shape index (κ3) is 1.07. The Bertz CT molecular complexity index is 344. The zero-order chi connectivity index (χ0) is 10.2. The van der Waals surface area contributed by atoms with E-state index < -0.39 is 5.41 Å². The fourth-order valence-corrected chi connectivity index (χ4v) is 2.90. The Morgan fingerprint density at radius 3 is 2.50 bits per heavy atom. The predicted molar refractivity (Wildman–Crippen MR) is 52.8 cm³/mol. The van der Waals surface area contributed by atoms with Crippen LogP contribution in [0.2, 0.25) is 0 Å².